The Kier molecular flexibility index (Phi) is 3.78. The SMILES string of the molecule is O=P(O)(S)OC[C@@H]1CC[C@H](n2cnc3cncnc32)O1. The average Bonchev–Trinajstić information content (AvgIpc) is 3.01. The molecule has 20 heavy (non-hydrogen) atoms. The predicted octanol–water partition coefficient (Wildman–Crippen LogP) is 1.55. The van der Waals surface area contributed by atoms with E-state index in [2.05, 4.69) is 27.2 Å². The molecule has 2 aromatic rings. The van der Waals surface area contributed by atoms with Crippen LogP contribution in [0.25, 0.3) is 11.2 Å². The van der Waals surface area contributed by atoms with E-state index in [1.54, 1.807) is 12.5 Å². The van der Waals surface area contributed by atoms with Crippen molar-refractivity contribution in [2.45, 2.75) is 25.2 Å². The molecule has 3 heterocycles. The number of hydrogen-bond donors (Lipinski definition) is 2. The van der Waals surface area contributed by atoms with Gasteiger partial charge in [-0.05, 0) is 12.8 Å². The molecule has 0 radical (unpaired) electrons. The minimum Gasteiger partial charge on any atom is -0.352 e. The summed E-state index contributed by atoms with van der Waals surface area (Å²) in [7, 11) is 0. The van der Waals surface area contributed by atoms with Crippen LogP contribution in [0.5, 0.6) is 0 Å². The predicted molar refractivity (Wildman–Crippen MR) is 73.2 cm³/mol. The molecule has 3 atom stereocenters. The van der Waals surface area contributed by atoms with E-state index in [0.717, 1.165) is 12.8 Å². The van der Waals surface area contributed by atoms with Crippen molar-refractivity contribution in [3.05, 3.63) is 18.9 Å². The zero-order valence-electron chi connectivity index (χ0n) is 10.4. The van der Waals surface area contributed by atoms with Crippen LogP contribution in [0.1, 0.15) is 19.1 Å². The lowest BCUT2D eigenvalue weighted by molar-refractivity contribution is -0.0166. The molecule has 2 aromatic heterocycles. The van der Waals surface area contributed by atoms with Gasteiger partial charge < -0.3 is 9.63 Å². The van der Waals surface area contributed by atoms with Gasteiger partial charge in [-0.2, -0.15) is 0 Å². The van der Waals surface area contributed by atoms with E-state index in [1.165, 1.54) is 6.33 Å². The summed E-state index contributed by atoms with van der Waals surface area (Å²) in [6.45, 7) is -3.73. The van der Waals surface area contributed by atoms with Crippen molar-refractivity contribution in [1.82, 2.24) is 19.5 Å². The van der Waals surface area contributed by atoms with Gasteiger partial charge in [0.25, 0.3) is 0 Å². The molecule has 1 N–H and O–H groups in total. The summed E-state index contributed by atoms with van der Waals surface area (Å²) >= 11 is 3.46. The molecule has 10 heteroatoms. The third-order valence-corrected chi connectivity index (χ3v) is 3.89. The first kappa shape index (κ1) is 14.0. The molecule has 0 aromatic carbocycles. The van der Waals surface area contributed by atoms with Crippen LogP contribution in [0.2, 0.25) is 0 Å². The van der Waals surface area contributed by atoms with E-state index < -0.39 is 6.80 Å². The van der Waals surface area contributed by atoms with Crippen LogP contribution in [0.3, 0.4) is 0 Å². The molecule has 0 bridgehead atoms. The van der Waals surface area contributed by atoms with Crippen molar-refractivity contribution in [2.75, 3.05) is 6.61 Å². The maximum Gasteiger partial charge on any atom is 0.383 e. The second-order valence-electron chi connectivity index (χ2n) is 4.46. The highest BCUT2D eigenvalue weighted by Crippen LogP contribution is 2.47. The summed E-state index contributed by atoms with van der Waals surface area (Å²) < 4.78 is 23.3. The van der Waals surface area contributed by atoms with Crippen molar-refractivity contribution < 1.29 is 18.7 Å². The fourth-order valence-corrected chi connectivity index (χ4v) is 2.75. The molecule has 1 fully saturated rings. The summed E-state index contributed by atoms with van der Waals surface area (Å²) in [4.78, 5) is 21.3. The molecule has 3 rings (SSSR count). The van der Waals surface area contributed by atoms with Crippen LogP contribution in [-0.2, 0) is 13.8 Å². The van der Waals surface area contributed by atoms with Gasteiger partial charge in [0.15, 0.2) is 5.65 Å². The van der Waals surface area contributed by atoms with Crippen LogP contribution in [0, 0.1) is 0 Å². The number of fused-ring (bicyclic) bond motifs is 1. The Morgan fingerprint density at radius 1 is 1.55 bits per heavy atom. The minimum atomic E-state index is -3.76. The summed E-state index contributed by atoms with van der Waals surface area (Å²) in [6, 6.07) is 0. The molecular weight excluding hydrogens is 303 g/mol. The molecule has 1 saturated heterocycles. The topological polar surface area (TPSA) is 99.4 Å². The van der Waals surface area contributed by atoms with Crippen molar-refractivity contribution >= 4 is 30.2 Å². The van der Waals surface area contributed by atoms with E-state index in [9.17, 15) is 4.57 Å². The first-order valence-electron chi connectivity index (χ1n) is 6.01. The molecule has 0 saturated carbocycles. The Balaban J connectivity index is 1.69. The first-order chi connectivity index (χ1) is 9.53. The molecule has 1 aliphatic heterocycles. The highest BCUT2D eigenvalue weighted by Gasteiger charge is 2.29. The van der Waals surface area contributed by atoms with Gasteiger partial charge in [0, 0.05) is 0 Å². The van der Waals surface area contributed by atoms with E-state index in [0.29, 0.717) is 11.2 Å². The van der Waals surface area contributed by atoms with Crippen molar-refractivity contribution in [1.29, 1.82) is 0 Å². The van der Waals surface area contributed by atoms with Gasteiger partial charge >= 0.3 is 6.80 Å². The van der Waals surface area contributed by atoms with Gasteiger partial charge in [0.2, 0.25) is 0 Å². The Morgan fingerprint density at radius 3 is 3.20 bits per heavy atom. The number of hydrogen-bond acceptors (Lipinski definition) is 6. The smallest absolute Gasteiger partial charge is 0.352 e. The van der Waals surface area contributed by atoms with E-state index in [1.807, 2.05) is 4.57 Å². The maximum atomic E-state index is 11.0. The first-order valence-corrected chi connectivity index (χ1v) is 8.74. The Bertz CT molecular complexity index is 659. The van der Waals surface area contributed by atoms with Crippen molar-refractivity contribution in [3.8, 4) is 0 Å². The lowest BCUT2D eigenvalue weighted by atomic mass is 10.2. The molecule has 0 spiro atoms. The summed E-state index contributed by atoms with van der Waals surface area (Å²) in [5, 5.41) is 0. The van der Waals surface area contributed by atoms with Crippen molar-refractivity contribution in [3.63, 3.8) is 0 Å². The number of nitrogens with zero attached hydrogens (tertiary/aromatic N) is 4. The summed E-state index contributed by atoms with van der Waals surface area (Å²) in [6.07, 6.45) is 5.78. The van der Waals surface area contributed by atoms with Crippen LogP contribution < -0.4 is 0 Å². The van der Waals surface area contributed by atoms with Gasteiger partial charge in [-0.3, -0.25) is 9.09 Å². The maximum absolute atomic E-state index is 11.0. The number of aromatic nitrogens is 4. The highest BCUT2D eigenvalue weighted by atomic mass is 32.7. The number of thiol groups is 1. The Hall–Kier alpha value is -0.990. The van der Waals surface area contributed by atoms with E-state index >= 15 is 0 Å². The van der Waals surface area contributed by atoms with Gasteiger partial charge in [-0.25, -0.2) is 19.5 Å². The van der Waals surface area contributed by atoms with Crippen LogP contribution >= 0.6 is 19.0 Å². The average molecular weight is 316 g/mol. The lowest BCUT2D eigenvalue weighted by Gasteiger charge is -2.15. The van der Waals surface area contributed by atoms with Gasteiger partial charge in [0.1, 0.15) is 18.1 Å². The molecule has 108 valence electrons. The number of ether oxygens (including phenoxy) is 1. The highest BCUT2D eigenvalue weighted by molar-refractivity contribution is 8.44. The Morgan fingerprint density at radius 2 is 2.40 bits per heavy atom. The lowest BCUT2D eigenvalue weighted by Crippen LogP contribution is -2.15. The third-order valence-electron chi connectivity index (χ3n) is 3.06. The quantitative estimate of drug-likeness (QED) is 0.652. The fourth-order valence-electron chi connectivity index (χ4n) is 2.19. The van der Waals surface area contributed by atoms with Gasteiger partial charge in [-0.15, -0.1) is 0 Å². The minimum absolute atomic E-state index is 0.0371. The van der Waals surface area contributed by atoms with Crippen molar-refractivity contribution in [2.24, 2.45) is 0 Å². The van der Waals surface area contributed by atoms with Gasteiger partial charge in [0.05, 0.1) is 25.2 Å². The second-order valence-corrected chi connectivity index (χ2v) is 7.22. The number of rotatable bonds is 4. The third kappa shape index (κ3) is 3.02. The molecule has 1 aliphatic rings. The Labute approximate surface area is 119 Å². The largest absolute Gasteiger partial charge is 0.383 e. The molecule has 0 aliphatic carbocycles. The normalized spacial score (nSPS) is 25.9. The monoisotopic (exact) mass is 316 g/mol. The van der Waals surface area contributed by atoms with Crippen LogP contribution in [0.15, 0.2) is 18.9 Å². The molecular formula is C10H13N4O4PS. The molecule has 1 unspecified atom stereocenters. The second kappa shape index (κ2) is 5.42. The van der Waals surface area contributed by atoms with Crippen LogP contribution in [0.4, 0.5) is 0 Å². The summed E-state index contributed by atoms with van der Waals surface area (Å²) in [5.41, 5.74) is 1.40. The fraction of sp³-hybridized carbons (Fsp3) is 0.500. The van der Waals surface area contributed by atoms with E-state index in [-0.39, 0.29) is 18.9 Å². The molecule has 8 nitrogen and oxygen atoms in total. The zero-order chi connectivity index (χ0) is 14.2. The van der Waals surface area contributed by atoms with Gasteiger partial charge in [-0.1, -0.05) is 12.2 Å². The van der Waals surface area contributed by atoms with Crippen LogP contribution in [-0.4, -0.2) is 37.1 Å². The standard InChI is InChI=1S/C10H13N4O4PS/c15-19(16,20)17-4-7-1-2-9(18-7)14-6-13-8-3-11-5-12-10(8)14/h3,5-7,9H,1-2,4H2,(H2,15,16,20)/t7-,9+/m0/s1. The molecule has 0 amide bonds. The van der Waals surface area contributed by atoms with E-state index in [4.69, 9.17) is 14.2 Å². The number of imidazole rings is 1. The zero-order valence-corrected chi connectivity index (χ0v) is 12.2. The summed E-state index contributed by atoms with van der Waals surface area (Å²) in [5.74, 6) is 0.